The van der Waals surface area contributed by atoms with Crippen LogP contribution in [0.15, 0.2) is 6.07 Å². The van der Waals surface area contributed by atoms with Crippen LogP contribution in [0.5, 0.6) is 17.2 Å². The van der Waals surface area contributed by atoms with Gasteiger partial charge in [0, 0.05) is 6.07 Å². The summed E-state index contributed by atoms with van der Waals surface area (Å²) in [5.74, 6) is -1.31. The van der Waals surface area contributed by atoms with Gasteiger partial charge in [-0.2, -0.15) is 0 Å². The van der Waals surface area contributed by atoms with E-state index in [0.29, 0.717) is 0 Å². The molecular formula is C10H14O5. The van der Waals surface area contributed by atoms with Gasteiger partial charge in [0.25, 0.3) is 0 Å². The summed E-state index contributed by atoms with van der Waals surface area (Å²) < 4.78 is 0. The predicted octanol–water partition coefficient (Wildman–Crippen LogP) is 0.910. The molecule has 0 heterocycles. The second-order valence-electron chi connectivity index (χ2n) is 3.44. The fourth-order valence-corrected chi connectivity index (χ4v) is 1.50. The average molecular weight is 214 g/mol. The monoisotopic (exact) mass is 214 g/mol. The average Bonchev–Trinajstić information content (AvgIpc) is 1.99. The lowest BCUT2D eigenvalue weighted by Gasteiger charge is -2.16. The van der Waals surface area contributed by atoms with Gasteiger partial charge in [-0.1, -0.05) is 0 Å². The number of aliphatic hydroxyl groups is 2. The van der Waals surface area contributed by atoms with Gasteiger partial charge in [-0.25, -0.2) is 0 Å². The van der Waals surface area contributed by atoms with Crippen LogP contribution in [0.2, 0.25) is 0 Å². The van der Waals surface area contributed by atoms with E-state index in [1.54, 1.807) is 0 Å². The second kappa shape index (κ2) is 3.96. The normalized spacial score (nSPS) is 14.9. The largest absolute Gasteiger partial charge is 0.507 e. The molecule has 0 fully saturated rings. The lowest BCUT2D eigenvalue weighted by molar-refractivity contribution is 0.178. The minimum atomic E-state index is -1.09. The van der Waals surface area contributed by atoms with Crippen molar-refractivity contribution in [1.82, 2.24) is 0 Å². The molecule has 0 radical (unpaired) electrons. The molecule has 5 heteroatoms. The van der Waals surface area contributed by atoms with Crippen molar-refractivity contribution in [2.75, 3.05) is 0 Å². The molecular weight excluding hydrogens is 200 g/mol. The SMILES string of the molecule is C[C@@H](O)c1c(O)cc(O)c([C@@H](C)O)c1O. The zero-order chi connectivity index (χ0) is 11.7. The molecule has 1 aromatic rings. The van der Waals surface area contributed by atoms with E-state index in [1.165, 1.54) is 13.8 Å². The van der Waals surface area contributed by atoms with Gasteiger partial charge >= 0.3 is 0 Å². The number of aromatic hydroxyl groups is 3. The van der Waals surface area contributed by atoms with Crippen molar-refractivity contribution < 1.29 is 25.5 Å². The Bertz CT molecular complexity index is 338. The van der Waals surface area contributed by atoms with E-state index >= 15 is 0 Å². The molecule has 0 saturated carbocycles. The number of rotatable bonds is 2. The lowest BCUT2D eigenvalue weighted by Crippen LogP contribution is -1.99. The van der Waals surface area contributed by atoms with Crippen LogP contribution in [0.4, 0.5) is 0 Å². The van der Waals surface area contributed by atoms with Crippen LogP contribution < -0.4 is 0 Å². The van der Waals surface area contributed by atoms with E-state index in [1.807, 2.05) is 0 Å². The summed E-state index contributed by atoms with van der Waals surface area (Å²) in [4.78, 5) is 0. The van der Waals surface area contributed by atoms with Crippen LogP contribution >= 0.6 is 0 Å². The topological polar surface area (TPSA) is 101 Å². The maximum absolute atomic E-state index is 9.65. The molecule has 5 N–H and O–H groups in total. The standard InChI is InChI=1S/C10H14O5/c1-4(11)8-6(13)3-7(14)9(5(2)12)10(8)15/h3-5,11-15H,1-2H3/t4-,5-/m1/s1. The molecule has 0 spiro atoms. The number of benzene rings is 1. The van der Waals surface area contributed by atoms with E-state index in [4.69, 9.17) is 0 Å². The Morgan fingerprint density at radius 1 is 0.867 bits per heavy atom. The van der Waals surface area contributed by atoms with Crippen LogP contribution in [-0.4, -0.2) is 25.5 Å². The molecule has 0 unspecified atom stereocenters. The van der Waals surface area contributed by atoms with Crippen LogP contribution in [0.1, 0.15) is 37.2 Å². The molecule has 0 saturated heterocycles. The Morgan fingerprint density at radius 2 is 1.20 bits per heavy atom. The first-order valence-corrected chi connectivity index (χ1v) is 4.50. The number of hydrogen-bond donors (Lipinski definition) is 5. The van der Waals surface area contributed by atoms with E-state index < -0.39 is 29.5 Å². The highest BCUT2D eigenvalue weighted by atomic mass is 16.3. The number of hydrogen-bond acceptors (Lipinski definition) is 5. The maximum atomic E-state index is 9.65. The molecule has 84 valence electrons. The molecule has 0 bridgehead atoms. The van der Waals surface area contributed by atoms with Crippen LogP contribution in [0, 0.1) is 0 Å². The predicted molar refractivity (Wildman–Crippen MR) is 52.7 cm³/mol. The van der Waals surface area contributed by atoms with Crippen molar-refractivity contribution in [2.45, 2.75) is 26.1 Å². The van der Waals surface area contributed by atoms with Crippen molar-refractivity contribution in [2.24, 2.45) is 0 Å². The summed E-state index contributed by atoms with van der Waals surface area (Å²) >= 11 is 0. The minimum absolute atomic E-state index is 0.108. The molecule has 1 aromatic carbocycles. The third-order valence-corrected chi connectivity index (χ3v) is 2.17. The lowest BCUT2D eigenvalue weighted by atomic mass is 9.99. The first kappa shape index (κ1) is 11.6. The van der Waals surface area contributed by atoms with Crippen molar-refractivity contribution in [1.29, 1.82) is 0 Å². The van der Waals surface area contributed by atoms with Gasteiger partial charge in [0.05, 0.1) is 23.3 Å². The molecule has 0 aliphatic carbocycles. The highest BCUT2D eigenvalue weighted by Crippen LogP contribution is 2.43. The first-order chi connectivity index (χ1) is 6.86. The molecule has 0 aliphatic heterocycles. The van der Waals surface area contributed by atoms with Crippen LogP contribution in [0.25, 0.3) is 0 Å². The quantitative estimate of drug-likeness (QED) is 0.503. The summed E-state index contributed by atoms with van der Waals surface area (Å²) in [5.41, 5.74) is -0.215. The highest BCUT2D eigenvalue weighted by Gasteiger charge is 2.22. The third-order valence-electron chi connectivity index (χ3n) is 2.17. The van der Waals surface area contributed by atoms with Crippen molar-refractivity contribution in [3.05, 3.63) is 17.2 Å². The molecule has 0 aliphatic rings. The van der Waals surface area contributed by atoms with Gasteiger partial charge in [-0.15, -0.1) is 0 Å². The van der Waals surface area contributed by atoms with Crippen LogP contribution in [0.3, 0.4) is 0 Å². The molecule has 5 nitrogen and oxygen atoms in total. The van der Waals surface area contributed by atoms with Gasteiger partial charge < -0.3 is 25.5 Å². The zero-order valence-electron chi connectivity index (χ0n) is 8.47. The molecule has 1 rings (SSSR count). The third kappa shape index (κ3) is 1.98. The Morgan fingerprint density at radius 3 is 1.47 bits per heavy atom. The summed E-state index contributed by atoms with van der Waals surface area (Å²) in [7, 11) is 0. The van der Waals surface area contributed by atoms with Crippen LogP contribution in [-0.2, 0) is 0 Å². The van der Waals surface area contributed by atoms with Crippen molar-refractivity contribution in [3.8, 4) is 17.2 Å². The molecule has 2 atom stereocenters. The van der Waals surface area contributed by atoms with Gasteiger partial charge in [-0.3, -0.25) is 0 Å². The van der Waals surface area contributed by atoms with E-state index in [-0.39, 0.29) is 11.1 Å². The summed E-state index contributed by atoms with van der Waals surface area (Å²) in [6, 6.07) is 0.976. The van der Waals surface area contributed by atoms with Gasteiger partial charge in [0.2, 0.25) is 0 Å². The van der Waals surface area contributed by atoms with E-state index in [0.717, 1.165) is 6.07 Å². The van der Waals surface area contributed by atoms with E-state index in [9.17, 15) is 25.5 Å². The zero-order valence-corrected chi connectivity index (χ0v) is 8.47. The number of aliphatic hydroxyl groups excluding tert-OH is 2. The number of phenols is 3. The Hall–Kier alpha value is -1.46. The smallest absolute Gasteiger partial charge is 0.134 e. The second-order valence-corrected chi connectivity index (χ2v) is 3.44. The van der Waals surface area contributed by atoms with Crippen molar-refractivity contribution in [3.63, 3.8) is 0 Å². The Balaban J connectivity index is 3.49. The Labute approximate surface area is 86.9 Å². The van der Waals surface area contributed by atoms with Gasteiger partial charge in [-0.05, 0) is 13.8 Å². The van der Waals surface area contributed by atoms with E-state index in [2.05, 4.69) is 0 Å². The number of phenolic OH excluding ortho intramolecular Hbond substituents is 3. The fraction of sp³-hybridized carbons (Fsp3) is 0.400. The first-order valence-electron chi connectivity index (χ1n) is 4.50. The van der Waals surface area contributed by atoms with Gasteiger partial charge in [0.1, 0.15) is 17.2 Å². The Kier molecular flexibility index (Phi) is 3.06. The summed E-state index contributed by atoms with van der Waals surface area (Å²) in [6.45, 7) is 2.72. The summed E-state index contributed by atoms with van der Waals surface area (Å²) in [5, 5.41) is 47.0. The minimum Gasteiger partial charge on any atom is -0.507 e. The summed E-state index contributed by atoms with van der Waals surface area (Å²) in [6.07, 6.45) is -2.19. The molecule has 0 amide bonds. The highest BCUT2D eigenvalue weighted by molar-refractivity contribution is 5.57. The van der Waals surface area contributed by atoms with Crippen molar-refractivity contribution >= 4 is 0 Å². The molecule has 0 aromatic heterocycles. The fourth-order valence-electron chi connectivity index (χ4n) is 1.50. The maximum Gasteiger partial charge on any atom is 0.134 e. The molecule has 15 heavy (non-hydrogen) atoms. The van der Waals surface area contributed by atoms with Gasteiger partial charge in [0.15, 0.2) is 0 Å².